The summed E-state index contributed by atoms with van der Waals surface area (Å²) in [6, 6.07) is 21.2. The summed E-state index contributed by atoms with van der Waals surface area (Å²) in [5.74, 6) is -0.997. The van der Waals surface area contributed by atoms with Crippen molar-refractivity contribution in [2.24, 2.45) is 5.73 Å². The van der Waals surface area contributed by atoms with Crippen LogP contribution >= 0.6 is 11.3 Å². The smallest absolute Gasteiger partial charge is 0.249 e. The summed E-state index contributed by atoms with van der Waals surface area (Å²) in [4.78, 5) is 32.7. The lowest BCUT2D eigenvalue weighted by atomic mass is 9.97. The molecule has 36 heavy (non-hydrogen) atoms. The Hall–Kier alpha value is -4.49. The molecule has 3 aromatic heterocycles. The van der Waals surface area contributed by atoms with Crippen LogP contribution in [0.25, 0.3) is 33.8 Å². The second-order valence-electron chi connectivity index (χ2n) is 8.50. The van der Waals surface area contributed by atoms with Crippen molar-refractivity contribution in [3.05, 3.63) is 107 Å². The van der Waals surface area contributed by atoms with Gasteiger partial charge in [-0.2, -0.15) is 11.3 Å². The number of fused-ring (bicyclic) bond motifs is 1. The summed E-state index contributed by atoms with van der Waals surface area (Å²) in [5, 5.41) is 7.90. The summed E-state index contributed by atoms with van der Waals surface area (Å²) in [6.07, 6.45) is 5.12. The zero-order chi connectivity index (χ0) is 25.1. The van der Waals surface area contributed by atoms with Gasteiger partial charge in [-0.1, -0.05) is 54.6 Å². The number of aromatic nitrogens is 2. The van der Waals surface area contributed by atoms with Crippen molar-refractivity contribution in [1.29, 1.82) is 0 Å². The highest BCUT2D eigenvalue weighted by Crippen LogP contribution is 2.27. The molecule has 0 saturated carbocycles. The lowest BCUT2D eigenvalue weighted by Crippen LogP contribution is -2.18. The molecule has 2 aromatic carbocycles. The number of benzene rings is 2. The first-order valence-corrected chi connectivity index (χ1v) is 12.4. The molecule has 0 saturated heterocycles. The van der Waals surface area contributed by atoms with E-state index in [4.69, 9.17) is 5.73 Å². The molecule has 4 N–H and O–H groups in total. The number of thiophene rings is 1. The predicted molar refractivity (Wildman–Crippen MR) is 146 cm³/mol. The maximum atomic E-state index is 13.0. The summed E-state index contributed by atoms with van der Waals surface area (Å²) < 4.78 is 0. The van der Waals surface area contributed by atoms with Crippen molar-refractivity contribution < 1.29 is 9.59 Å². The Morgan fingerprint density at radius 1 is 1.06 bits per heavy atom. The molecule has 0 bridgehead atoms. The average Bonchev–Trinajstić information content (AvgIpc) is 3.58. The van der Waals surface area contributed by atoms with Gasteiger partial charge in [0.15, 0.2) is 0 Å². The van der Waals surface area contributed by atoms with Crippen molar-refractivity contribution in [2.45, 2.75) is 12.8 Å². The van der Waals surface area contributed by atoms with Gasteiger partial charge in [0.05, 0.1) is 17.8 Å². The van der Waals surface area contributed by atoms with Gasteiger partial charge in [-0.05, 0) is 58.1 Å². The second kappa shape index (κ2) is 10.0. The van der Waals surface area contributed by atoms with E-state index in [0.29, 0.717) is 16.9 Å². The van der Waals surface area contributed by atoms with Crippen LogP contribution in [0.5, 0.6) is 0 Å². The zero-order valence-electron chi connectivity index (χ0n) is 19.6. The van der Waals surface area contributed by atoms with Crippen LogP contribution in [0.15, 0.2) is 89.9 Å². The summed E-state index contributed by atoms with van der Waals surface area (Å²) >= 11 is 1.66. The van der Waals surface area contributed by atoms with Crippen LogP contribution < -0.4 is 11.1 Å². The Bertz CT molecular complexity index is 1550. The van der Waals surface area contributed by atoms with Gasteiger partial charge in [0.2, 0.25) is 11.8 Å². The fraction of sp³-hybridized carbons (Fsp3) is 0.0690. The number of anilines is 1. The maximum Gasteiger partial charge on any atom is 0.249 e. The molecule has 178 valence electrons. The molecule has 6 nitrogen and oxygen atoms in total. The number of nitrogens with two attached hydrogens (primary N) is 1. The summed E-state index contributed by atoms with van der Waals surface area (Å²) in [6.45, 7) is 1.88. The minimum Gasteiger partial charge on any atom is -0.366 e. The Kier molecular flexibility index (Phi) is 6.47. The molecule has 0 radical (unpaired) electrons. The van der Waals surface area contributed by atoms with Gasteiger partial charge in [-0.3, -0.25) is 9.59 Å². The van der Waals surface area contributed by atoms with Crippen molar-refractivity contribution in [2.75, 3.05) is 5.32 Å². The Morgan fingerprint density at radius 3 is 2.53 bits per heavy atom. The number of nitrogens with zero attached hydrogens (tertiary/aromatic N) is 1. The first kappa shape index (κ1) is 23.3. The fourth-order valence-corrected chi connectivity index (χ4v) is 4.74. The van der Waals surface area contributed by atoms with Crippen molar-refractivity contribution in [1.82, 2.24) is 9.97 Å². The maximum absolute atomic E-state index is 13.0. The number of rotatable bonds is 7. The Labute approximate surface area is 212 Å². The van der Waals surface area contributed by atoms with Gasteiger partial charge in [-0.15, -0.1) is 0 Å². The number of hydrogen-bond donors (Lipinski definition) is 3. The largest absolute Gasteiger partial charge is 0.366 e. The third kappa shape index (κ3) is 4.82. The highest BCUT2D eigenvalue weighted by atomic mass is 32.1. The van der Waals surface area contributed by atoms with E-state index >= 15 is 0 Å². The van der Waals surface area contributed by atoms with E-state index in [2.05, 4.69) is 26.7 Å². The van der Waals surface area contributed by atoms with E-state index < -0.39 is 5.91 Å². The topological polar surface area (TPSA) is 101 Å². The molecule has 0 aliphatic heterocycles. The number of primary amides is 1. The van der Waals surface area contributed by atoms with Crippen molar-refractivity contribution >= 4 is 51.5 Å². The van der Waals surface area contributed by atoms with Crippen LogP contribution in [0.4, 0.5) is 5.69 Å². The average molecular weight is 493 g/mol. The Morgan fingerprint density at radius 2 is 1.83 bits per heavy atom. The quantitative estimate of drug-likeness (QED) is 0.241. The number of hydrogen-bond acceptors (Lipinski definition) is 4. The number of amides is 2. The second-order valence-corrected chi connectivity index (χ2v) is 9.28. The molecule has 5 aromatic rings. The normalized spacial score (nSPS) is 12.4. The molecule has 7 heteroatoms. The highest BCUT2D eigenvalue weighted by Gasteiger charge is 2.17. The third-order valence-electron chi connectivity index (χ3n) is 6.14. The van der Waals surface area contributed by atoms with E-state index in [1.54, 1.807) is 29.8 Å². The fourth-order valence-electron chi connectivity index (χ4n) is 4.08. The molecular formula is C29H24N4O2S. The van der Waals surface area contributed by atoms with Crippen LogP contribution in [0.3, 0.4) is 0 Å². The number of carbonyl (C=O) groups excluding carboxylic acids is 2. The highest BCUT2D eigenvalue weighted by molar-refractivity contribution is 7.08. The molecule has 0 aliphatic carbocycles. The third-order valence-corrected chi connectivity index (χ3v) is 6.82. The minimum absolute atomic E-state index is 0.130. The van der Waals surface area contributed by atoms with Crippen LogP contribution in [0, 0.1) is 0 Å². The van der Waals surface area contributed by atoms with Gasteiger partial charge >= 0.3 is 0 Å². The number of nitrogens with one attached hydrogen (secondary N) is 2. The van der Waals surface area contributed by atoms with Gasteiger partial charge in [-0.25, -0.2) is 4.98 Å². The SMILES string of the molecule is CC(C(=O)Nc1cnc2[nH]cc(/C=C(\C(N)=O)c3ccccc3)c2c1)c1ccc(-c2ccsc2)cc1. The lowest BCUT2D eigenvalue weighted by molar-refractivity contribution is -0.117. The van der Waals surface area contributed by atoms with E-state index in [1.165, 1.54) is 5.56 Å². The van der Waals surface area contributed by atoms with Gasteiger partial charge in [0, 0.05) is 22.7 Å². The van der Waals surface area contributed by atoms with E-state index in [-0.39, 0.29) is 11.8 Å². The molecule has 0 spiro atoms. The molecule has 0 aliphatic rings. The molecule has 0 fully saturated rings. The van der Waals surface area contributed by atoms with Crippen LogP contribution in [0.2, 0.25) is 0 Å². The van der Waals surface area contributed by atoms with Crippen LogP contribution in [-0.4, -0.2) is 21.8 Å². The molecule has 2 amide bonds. The minimum atomic E-state index is -0.521. The van der Waals surface area contributed by atoms with Crippen LogP contribution in [-0.2, 0) is 9.59 Å². The molecular weight excluding hydrogens is 468 g/mol. The van der Waals surface area contributed by atoms with Gasteiger partial charge in [0.1, 0.15) is 5.65 Å². The van der Waals surface area contributed by atoms with Gasteiger partial charge in [0.25, 0.3) is 0 Å². The number of aromatic amines is 1. The lowest BCUT2D eigenvalue weighted by Gasteiger charge is -2.13. The molecule has 1 atom stereocenters. The van der Waals surface area contributed by atoms with E-state index in [0.717, 1.165) is 27.6 Å². The first-order chi connectivity index (χ1) is 17.5. The van der Waals surface area contributed by atoms with E-state index in [9.17, 15) is 9.59 Å². The van der Waals surface area contributed by atoms with Gasteiger partial charge < -0.3 is 16.0 Å². The van der Waals surface area contributed by atoms with Crippen molar-refractivity contribution in [3.63, 3.8) is 0 Å². The summed E-state index contributed by atoms with van der Waals surface area (Å²) in [5.41, 5.74) is 12.0. The first-order valence-electron chi connectivity index (χ1n) is 11.5. The zero-order valence-corrected chi connectivity index (χ0v) is 20.4. The predicted octanol–water partition coefficient (Wildman–Crippen LogP) is 6.06. The van der Waals surface area contributed by atoms with Crippen LogP contribution in [0.1, 0.15) is 29.5 Å². The Balaban J connectivity index is 1.38. The van der Waals surface area contributed by atoms with Crippen molar-refractivity contribution in [3.8, 4) is 11.1 Å². The molecule has 1 unspecified atom stereocenters. The number of H-pyrrole nitrogens is 1. The van der Waals surface area contributed by atoms with E-state index in [1.807, 2.05) is 73.0 Å². The molecule has 5 rings (SSSR count). The molecule has 3 heterocycles. The monoisotopic (exact) mass is 492 g/mol. The number of pyridine rings is 1. The standard InChI is InChI=1S/C29H24N4O2S/c1-18(19-7-9-20(10-8-19)22-11-12-36-17-22)29(35)33-24-14-26-23(15-31-28(26)32-16-24)13-25(27(30)34)21-5-3-2-4-6-21/h2-18H,1H3,(H2,30,34)(H,31,32)(H,33,35)/b25-13-. The number of carbonyl (C=O) groups is 2. The summed E-state index contributed by atoms with van der Waals surface area (Å²) in [7, 11) is 0.